The largest absolute Gasteiger partial charge is 0.396 e. The van der Waals surface area contributed by atoms with Crippen molar-refractivity contribution >= 4 is 27.9 Å². The minimum Gasteiger partial charge on any atom is -0.396 e. The molecule has 0 saturated carbocycles. The summed E-state index contributed by atoms with van der Waals surface area (Å²) < 4.78 is 5.66. The predicted molar refractivity (Wildman–Crippen MR) is 82.6 cm³/mol. The summed E-state index contributed by atoms with van der Waals surface area (Å²) >= 11 is 1.19. The summed E-state index contributed by atoms with van der Waals surface area (Å²) in [7, 11) is 3.58. The maximum Gasteiger partial charge on any atom is 0.256 e. The van der Waals surface area contributed by atoms with Gasteiger partial charge in [-0.1, -0.05) is 0 Å². The van der Waals surface area contributed by atoms with Crippen molar-refractivity contribution in [3.05, 3.63) is 10.4 Å². The molecule has 1 saturated heterocycles. The fourth-order valence-electron chi connectivity index (χ4n) is 2.20. The summed E-state index contributed by atoms with van der Waals surface area (Å²) in [6.07, 6.45) is 0.0511. The number of anilines is 2. The van der Waals surface area contributed by atoms with Crippen molar-refractivity contribution in [2.24, 2.45) is 0 Å². The number of thiophene rings is 1. The Morgan fingerprint density at radius 2 is 2.43 bits per heavy atom. The van der Waals surface area contributed by atoms with E-state index in [9.17, 15) is 4.79 Å². The average molecular weight is 309 g/mol. The fraction of sp³-hybridized carbons (Fsp3) is 0.538. The third-order valence-corrected chi connectivity index (χ3v) is 4.40. The number of nitrogens with zero attached hydrogens (tertiary/aromatic N) is 2. The van der Waals surface area contributed by atoms with Crippen LogP contribution in [0.25, 0.3) is 0 Å². The number of rotatable bonds is 4. The Balaban J connectivity index is 2.12. The first kappa shape index (κ1) is 15.6. The molecular formula is C13H19N5O2S. The van der Waals surface area contributed by atoms with Crippen molar-refractivity contribution in [3.63, 3.8) is 0 Å². The number of amides is 1. The number of carbonyl (C=O) groups excluding carboxylic acids is 1. The minimum absolute atomic E-state index is 0.0511. The van der Waals surface area contributed by atoms with Crippen LogP contribution in [0.2, 0.25) is 0 Å². The summed E-state index contributed by atoms with van der Waals surface area (Å²) in [5.74, 6) is -0.297. The second kappa shape index (κ2) is 6.76. The van der Waals surface area contributed by atoms with Gasteiger partial charge in [-0.15, -0.1) is 11.3 Å². The molecule has 1 aromatic heterocycles. The van der Waals surface area contributed by atoms with Crippen LogP contribution < -0.4 is 16.4 Å². The molecule has 1 aliphatic rings. The molecule has 8 heteroatoms. The third-order valence-electron chi connectivity index (χ3n) is 3.33. The van der Waals surface area contributed by atoms with Gasteiger partial charge in [0.2, 0.25) is 0 Å². The number of nitrogen functional groups attached to an aromatic ring is 1. The summed E-state index contributed by atoms with van der Waals surface area (Å²) in [4.78, 5) is 14.5. The van der Waals surface area contributed by atoms with Crippen molar-refractivity contribution in [3.8, 4) is 6.07 Å². The van der Waals surface area contributed by atoms with E-state index in [0.29, 0.717) is 28.6 Å². The molecular weight excluding hydrogens is 290 g/mol. The molecule has 1 aliphatic heterocycles. The number of hydrogen-bond donors (Lipinski definition) is 3. The van der Waals surface area contributed by atoms with Crippen molar-refractivity contribution in [1.29, 1.82) is 5.26 Å². The van der Waals surface area contributed by atoms with E-state index in [1.807, 2.05) is 13.1 Å². The molecule has 1 aromatic rings. The third kappa shape index (κ3) is 3.44. The van der Waals surface area contributed by atoms with Gasteiger partial charge in [-0.3, -0.25) is 4.79 Å². The zero-order valence-corrected chi connectivity index (χ0v) is 12.9. The number of nitrogens with two attached hydrogens (primary N) is 1. The van der Waals surface area contributed by atoms with Crippen molar-refractivity contribution in [1.82, 2.24) is 10.2 Å². The lowest BCUT2D eigenvalue weighted by Crippen LogP contribution is -2.43. The first-order valence-corrected chi connectivity index (χ1v) is 7.47. The molecule has 4 N–H and O–H groups in total. The van der Waals surface area contributed by atoms with Crippen molar-refractivity contribution in [2.75, 3.05) is 51.4 Å². The lowest BCUT2D eigenvalue weighted by Gasteiger charge is -2.30. The van der Waals surface area contributed by atoms with Gasteiger partial charge in [0.25, 0.3) is 5.91 Å². The molecule has 114 valence electrons. The monoisotopic (exact) mass is 309 g/mol. The standard InChI is InChI=1S/C13H19N5O2S/c1-16-12(19)10-11(15)9(5-14)21-13(10)17-6-8-7-18(2)3-4-20-8/h8,17H,3-4,6-7,15H2,1-2H3,(H,16,19). The van der Waals surface area contributed by atoms with Crippen LogP contribution >= 0.6 is 11.3 Å². The van der Waals surface area contributed by atoms with E-state index in [0.717, 1.165) is 13.1 Å². The maximum absolute atomic E-state index is 11.9. The Bertz CT molecular complexity index is 566. The lowest BCUT2D eigenvalue weighted by atomic mass is 10.2. The molecule has 0 bridgehead atoms. The SMILES string of the molecule is CNC(=O)c1c(NCC2CN(C)CCO2)sc(C#N)c1N. The van der Waals surface area contributed by atoms with E-state index in [1.165, 1.54) is 18.4 Å². The van der Waals surface area contributed by atoms with Gasteiger partial charge in [-0.25, -0.2) is 0 Å². The molecule has 2 heterocycles. The van der Waals surface area contributed by atoms with E-state index in [-0.39, 0.29) is 17.7 Å². The Hall–Kier alpha value is -1.82. The molecule has 0 radical (unpaired) electrons. The quantitative estimate of drug-likeness (QED) is 0.739. The van der Waals surface area contributed by atoms with Gasteiger partial charge < -0.3 is 26.0 Å². The smallest absolute Gasteiger partial charge is 0.256 e. The van der Waals surface area contributed by atoms with Crippen LogP contribution in [0.3, 0.4) is 0 Å². The number of likely N-dealkylation sites (N-methyl/N-ethyl adjacent to an activating group) is 1. The van der Waals surface area contributed by atoms with Gasteiger partial charge in [-0.05, 0) is 7.05 Å². The van der Waals surface area contributed by atoms with Gasteiger partial charge in [-0.2, -0.15) is 5.26 Å². The molecule has 21 heavy (non-hydrogen) atoms. The summed E-state index contributed by atoms with van der Waals surface area (Å²) in [5, 5.41) is 15.4. The molecule has 7 nitrogen and oxygen atoms in total. The van der Waals surface area contributed by atoms with Gasteiger partial charge in [0.1, 0.15) is 15.9 Å². The van der Waals surface area contributed by atoms with E-state index in [4.69, 9.17) is 15.7 Å². The van der Waals surface area contributed by atoms with Crippen LogP contribution in [0, 0.1) is 11.3 Å². The van der Waals surface area contributed by atoms with Gasteiger partial charge >= 0.3 is 0 Å². The van der Waals surface area contributed by atoms with Gasteiger partial charge in [0.05, 0.1) is 24.0 Å². The molecule has 0 aromatic carbocycles. The van der Waals surface area contributed by atoms with Crippen molar-refractivity contribution in [2.45, 2.75) is 6.10 Å². The highest BCUT2D eigenvalue weighted by molar-refractivity contribution is 7.17. The van der Waals surface area contributed by atoms with Crippen LogP contribution in [0.4, 0.5) is 10.7 Å². The van der Waals surface area contributed by atoms with Crippen molar-refractivity contribution < 1.29 is 9.53 Å². The molecule has 1 fully saturated rings. The van der Waals surface area contributed by atoms with Crippen LogP contribution in [-0.2, 0) is 4.74 Å². The molecule has 1 unspecified atom stereocenters. The Labute approximate surface area is 127 Å². The van der Waals surface area contributed by atoms with E-state index in [2.05, 4.69) is 15.5 Å². The zero-order chi connectivity index (χ0) is 15.4. The second-order valence-electron chi connectivity index (χ2n) is 4.88. The maximum atomic E-state index is 11.9. The number of hydrogen-bond acceptors (Lipinski definition) is 7. The molecule has 0 spiro atoms. The molecule has 1 amide bonds. The summed E-state index contributed by atoms with van der Waals surface area (Å²) in [5.41, 5.74) is 6.43. The van der Waals surface area contributed by atoms with Crippen LogP contribution in [0.1, 0.15) is 15.2 Å². The van der Waals surface area contributed by atoms with Crippen LogP contribution in [0.15, 0.2) is 0 Å². The average Bonchev–Trinajstić information content (AvgIpc) is 2.80. The lowest BCUT2D eigenvalue weighted by molar-refractivity contribution is -0.0117. The fourth-order valence-corrected chi connectivity index (χ4v) is 3.12. The van der Waals surface area contributed by atoms with E-state index in [1.54, 1.807) is 0 Å². The Morgan fingerprint density at radius 1 is 1.67 bits per heavy atom. The van der Waals surface area contributed by atoms with E-state index >= 15 is 0 Å². The molecule has 0 aliphatic carbocycles. The highest BCUT2D eigenvalue weighted by atomic mass is 32.1. The number of nitriles is 1. The number of ether oxygens (including phenoxy) is 1. The number of nitrogens with one attached hydrogen (secondary N) is 2. The molecule has 1 atom stereocenters. The minimum atomic E-state index is -0.297. The topological polar surface area (TPSA) is 103 Å². The first-order valence-electron chi connectivity index (χ1n) is 6.65. The zero-order valence-electron chi connectivity index (χ0n) is 12.1. The van der Waals surface area contributed by atoms with Crippen LogP contribution in [0.5, 0.6) is 0 Å². The highest BCUT2D eigenvalue weighted by Gasteiger charge is 2.23. The highest BCUT2D eigenvalue weighted by Crippen LogP contribution is 2.35. The number of carbonyl (C=O) groups is 1. The predicted octanol–water partition coefficient (Wildman–Crippen LogP) is 0.304. The summed E-state index contributed by atoms with van der Waals surface area (Å²) in [6.45, 7) is 3.01. The Kier molecular flexibility index (Phi) is 5.01. The summed E-state index contributed by atoms with van der Waals surface area (Å²) in [6, 6.07) is 2.01. The van der Waals surface area contributed by atoms with Gasteiger partial charge in [0.15, 0.2) is 0 Å². The van der Waals surface area contributed by atoms with E-state index < -0.39 is 0 Å². The first-order chi connectivity index (χ1) is 10.1. The van der Waals surface area contributed by atoms with Gasteiger partial charge in [0, 0.05) is 26.7 Å². The normalized spacial score (nSPS) is 19.0. The second-order valence-corrected chi connectivity index (χ2v) is 5.90. The molecule has 2 rings (SSSR count). The van der Waals surface area contributed by atoms with Crippen LogP contribution in [-0.4, -0.2) is 57.2 Å². The Morgan fingerprint density at radius 3 is 3.05 bits per heavy atom. The number of morpholine rings is 1.